The van der Waals surface area contributed by atoms with Crippen LogP contribution in [-0.4, -0.2) is 35.4 Å². The molecule has 2 aromatic rings. The summed E-state index contributed by atoms with van der Waals surface area (Å²) in [5.41, 5.74) is 1.38. The van der Waals surface area contributed by atoms with Gasteiger partial charge in [0.2, 0.25) is 0 Å². The minimum Gasteiger partial charge on any atom is -0.495 e. The van der Waals surface area contributed by atoms with Gasteiger partial charge in [-0.05, 0) is 63.1 Å². The highest BCUT2D eigenvalue weighted by Crippen LogP contribution is 2.36. The Morgan fingerprint density at radius 1 is 1.35 bits per heavy atom. The third-order valence-electron chi connectivity index (χ3n) is 5.42. The third-order valence-corrected chi connectivity index (χ3v) is 5.42. The van der Waals surface area contributed by atoms with Crippen molar-refractivity contribution in [3.63, 3.8) is 0 Å². The number of aryl methyl sites for hydroxylation is 1. The van der Waals surface area contributed by atoms with Crippen molar-refractivity contribution >= 4 is 16.9 Å². The molecule has 1 aromatic heterocycles. The first-order chi connectivity index (χ1) is 12.5. The number of fused-ring (bicyclic) bond motifs is 1. The Morgan fingerprint density at radius 3 is 2.81 bits per heavy atom. The smallest absolute Gasteiger partial charge is 0.308 e. The average Bonchev–Trinajstić information content (AvgIpc) is 2.66. The average molecular weight is 357 g/mol. The molecule has 1 aliphatic rings. The topological polar surface area (TPSA) is 68.7 Å². The van der Waals surface area contributed by atoms with Gasteiger partial charge in [-0.25, -0.2) is 0 Å². The molecule has 1 heterocycles. The van der Waals surface area contributed by atoms with Crippen LogP contribution in [0.4, 0.5) is 0 Å². The molecule has 0 bridgehead atoms. The van der Waals surface area contributed by atoms with E-state index in [0.717, 1.165) is 28.6 Å². The summed E-state index contributed by atoms with van der Waals surface area (Å²) in [5.74, 6) is 0.543. The van der Waals surface area contributed by atoms with Crippen LogP contribution < -0.4 is 4.74 Å². The van der Waals surface area contributed by atoms with Crippen LogP contribution in [0.1, 0.15) is 44.6 Å². The largest absolute Gasteiger partial charge is 0.495 e. The number of methoxy groups -OCH3 is 1. The number of carbonyl (C=O) groups excluding carboxylic acids is 1. The number of benzene rings is 1. The summed E-state index contributed by atoms with van der Waals surface area (Å²) in [6.45, 7) is 2.24. The van der Waals surface area contributed by atoms with Gasteiger partial charge in [-0.2, -0.15) is 0 Å². The van der Waals surface area contributed by atoms with Crippen molar-refractivity contribution in [2.75, 3.05) is 13.7 Å². The summed E-state index contributed by atoms with van der Waals surface area (Å²) in [6.07, 6.45) is 5.84. The molecule has 1 saturated carbocycles. The van der Waals surface area contributed by atoms with Gasteiger partial charge in [-0.15, -0.1) is 0 Å². The molecule has 0 unspecified atom stereocenters. The van der Waals surface area contributed by atoms with E-state index in [-0.39, 0.29) is 11.9 Å². The van der Waals surface area contributed by atoms with E-state index in [4.69, 9.17) is 9.47 Å². The number of esters is 1. The van der Waals surface area contributed by atoms with Gasteiger partial charge in [0, 0.05) is 5.39 Å². The third kappa shape index (κ3) is 4.15. The molecule has 0 saturated heterocycles. The maximum Gasteiger partial charge on any atom is 0.308 e. The van der Waals surface area contributed by atoms with E-state index in [1.807, 2.05) is 25.1 Å². The molecule has 5 nitrogen and oxygen atoms in total. The summed E-state index contributed by atoms with van der Waals surface area (Å²) in [6, 6.07) is 8.06. The Bertz CT molecular complexity index is 766. The minimum absolute atomic E-state index is 0.0683. The summed E-state index contributed by atoms with van der Waals surface area (Å²) in [4.78, 5) is 16.3. The predicted octanol–water partition coefficient (Wildman–Crippen LogP) is 3.66. The van der Waals surface area contributed by atoms with Crippen molar-refractivity contribution in [2.45, 2.75) is 51.0 Å². The van der Waals surface area contributed by atoms with Crippen LogP contribution in [0.2, 0.25) is 0 Å². The number of hydrogen-bond donors (Lipinski definition) is 1. The van der Waals surface area contributed by atoms with E-state index in [0.29, 0.717) is 38.7 Å². The summed E-state index contributed by atoms with van der Waals surface area (Å²) < 4.78 is 10.4. The number of aliphatic hydroxyl groups is 1. The zero-order valence-electron chi connectivity index (χ0n) is 15.5. The molecule has 1 N–H and O–H groups in total. The van der Waals surface area contributed by atoms with Crippen LogP contribution in [0.3, 0.4) is 0 Å². The zero-order chi connectivity index (χ0) is 18.6. The minimum atomic E-state index is -0.711. The lowest BCUT2D eigenvalue weighted by atomic mass is 9.76. The Morgan fingerprint density at radius 2 is 2.12 bits per heavy atom. The van der Waals surface area contributed by atoms with Crippen LogP contribution in [0.25, 0.3) is 10.9 Å². The van der Waals surface area contributed by atoms with Crippen molar-refractivity contribution in [3.05, 3.63) is 36.0 Å². The first kappa shape index (κ1) is 18.6. The molecule has 0 radical (unpaired) electrons. The fourth-order valence-electron chi connectivity index (χ4n) is 3.79. The molecule has 0 amide bonds. The van der Waals surface area contributed by atoms with E-state index >= 15 is 0 Å². The maximum absolute atomic E-state index is 11.9. The standard InChI is InChI=1S/C21H27NO4/c1-3-26-20(23)16-8-11-21(24,12-9-16)10-7-15-5-4-6-19-18(15)13-17(25-2)14-22-19/h4-6,13-14,16,24H,3,7-12H2,1-2H3/t16-,21+. The highest BCUT2D eigenvalue weighted by molar-refractivity contribution is 5.83. The highest BCUT2D eigenvalue weighted by Gasteiger charge is 2.36. The number of pyridine rings is 1. The maximum atomic E-state index is 11.9. The van der Waals surface area contributed by atoms with Crippen LogP contribution >= 0.6 is 0 Å². The molecule has 0 atom stereocenters. The summed E-state index contributed by atoms with van der Waals surface area (Å²) >= 11 is 0. The van der Waals surface area contributed by atoms with E-state index < -0.39 is 5.60 Å². The molecule has 1 fully saturated rings. The van der Waals surface area contributed by atoms with Gasteiger partial charge in [-0.3, -0.25) is 9.78 Å². The van der Waals surface area contributed by atoms with Crippen LogP contribution in [0, 0.1) is 5.92 Å². The van der Waals surface area contributed by atoms with E-state index in [2.05, 4.69) is 11.1 Å². The van der Waals surface area contributed by atoms with Gasteiger partial charge in [0.15, 0.2) is 0 Å². The normalized spacial score (nSPS) is 23.0. The molecular formula is C21H27NO4. The number of nitrogens with zero attached hydrogens (tertiary/aromatic N) is 1. The molecule has 5 heteroatoms. The summed E-state index contributed by atoms with van der Waals surface area (Å²) in [7, 11) is 1.64. The van der Waals surface area contributed by atoms with Gasteiger partial charge in [0.1, 0.15) is 5.75 Å². The zero-order valence-corrected chi connectivity index (χ0v) is 15.5. The number of carbonyl (C=O) groups is 1. The Labute approximate surface area is 154 Å². The second-order valence-corrected chi connectivity index (χ2v) is 7.11. The number of hydrogen-bond acceptors (Lipinski definition) is 5. The quantitative estimate of drug-likeness (QED) is 0.799. The molecule has 26 heavy (non-hydrogen) atoms. The molecule has 1 aromatic carbocycles. The van der Waals surface area contributed by atoms with Gasteiger partial charge in [0.05, 0.1) is 36.9 Å². The number of ether oxygens (including phenoxy) is 2. The number of rotatable bonds is 6. The molecule has 140 valence electrons. The van der Waals surface area contributed by atoms with Gasteiger partial charge < -0.3 is 14.6 Å². The first-order valence-electron chi connectivity index (χ1n) is 9.35. The van der Waals surface area contributed by atoms with E-state index in [1.54, 1.807) is 13.3 Å². The lowest BCUT2D eigenvalue weighted by Crippen LogP contribution is -2.37. The second kappa shape index (κ2) is 8.04. The fourth-order valence-corrected chi connectivity index (χ4v) is 3.79. The lowest BCUT2D eigenvalue weighted by Gasteiger charge is -2.35. The van der Waals surface area contributed by atoms with Crippen molar-refractivity contribution in [2.24, 2.45) is 5.92 Å². The van der Waals surface area contributed by atoms with Gasteiger partial charge in [0.25, 0.3) is 0 Å². The molecule has 1 aliphatic carbocycles. The van der Waals surface area contributed by atoms with Crippen LogP contribution in [0.5, 0.6) is 5.75 Å². The summed E-state index contributed by atoms with van der Waals surface area (Å²) in [5, 5.41) is 12.0. The highest BCUT2D eigenvalue weighted by atomic mass is 16.5. The van der Waals surface area contributed by atoms with Crippen molar-refractivity contribution in [1.29, 1.82) is 0 Å². The molecular weight excluding hydrogens is 330 g/mol. The predicted molar refractivity (Wildman–Crippen MR) is 100 cm³/mol. The molecule has 0 spiro atoms. The Kier molecular flexibility index (Phi) is 5.77. The Balaban J connectivity index is 1.66. The van der Waals surface area contributed by atoms with Gasteiger partial charge >= 0.3 is 5.97 Å². The first-order valence-corrected chi connectivity index (χ1v) is 9.35. The van der Waals surface area contributed by atoms with Crippen molar-refractivity contribution in [1.82, 2.24) is 4.98 Å². The van der Waals surface area contributed by atoms with Crippen molar-refractivity contribution in [3.8, 4) is 5.75 Å². The number of aromatic nitrogens is 1. The Hall–Kier alpha value is -2.14. The van der Waals surface area contributed by atoms with Gasteiger partial charge in [-0.1, -0.05) is 12.1 Å². The van der Waals surface area contributed by atoms with E-state index in [9.17, 15) is 9.90 Å². The molecule has 3 rings (SSSR count). The van der Waals surface area contributed by atoms with Crippen LogP contribution in [0.15, 0.2) is 30.5 Å². The lowest BCUT2D eigenvalue weighted by molar-refractivity contribution is -0.151. The molecule has 0 aliphatic heterocycles. The van der Waals surface area contributed by atoms with E-state index in [1.165, 1.54) is 0 Å². The SMILES string of the molecule is CCOC(=O)[C@H]1CC[C@](O)(CCc2cccc3ncc(OC)cc23)CC1. The monoisotopic (exact) mass is 357 g/mol. The van der Waals surface area contributed by atoms with Crippen molar-refractivity contribution < 1.29 is 19.4 Å². The fraction of sp³-hybridized carbons (Fsp3) is 0.524. The van der Waals surface area contributed by atoms with Crippen LogP contribution in [-0.2, 0) is 16.0 Å². The second-order valence-electron chi connectivity index (χ2n) is 7.11.